The highest BCUT2D eigenvalue weighted by Crippen LogP contribution is 2.33. The summed E-state index contributed by atoms with van der Waals surface area (Å²) in [7, 11) is -6.09. The third kappa shape index (κ3) is 5.55. The Labute approximate surface area is 235 Å². The average Bonchev–Trinajstić information content (AvgIpc) is 3.22. The summed E-state index contributed by atoms with van der Waals surface area (Å²) < 4.78 is 63.7. The zero-order chi connectivity index (χ0) is 29.5. The van der Waals surface area contributed by atoms with Crippen molar-refractivity contribution in [3.63, 3.8) is 0 Å². The maximum absolute atomic E-state index is 10.7. The van der Waals surface area contributed by atoms with Crippen LogP contribution >= 0.6 is 0 Å². The monoisotopic (exact) mass is 576 g/mol. The second-order valence-electron chi connectivity index (χ2n) is 9.89. The van der Waals surface area contributed by atoms with E-state index in [1.54, 1.807) is 0 Å². The van der Waals surface area contributed by atoms with Gasteiger partial charge in [0.1, 0.15) is 6.54 Å². The summed E-state index contributed by atoms with van der Waals surface area (Å²) in [5.41, 5.74) is 3.12. The number of aromatic nitrogens is 2. The smallest absolute Gasteiger partial charge is 0.485 e. The minimum absolute atomic E-state index is 0.955. The minimum atomic E-state index is -6.09. The van der Waals surface area contributed by atoms with Crippen molar-refractivity contribution < 1.29 is 30.7 Å². The predicted molar refractivity (Wildman–Crippen MR) is 155 cm³/mol. The molecule has 0 unspecified atom stereocenters. The number of pyridine rings is 1. The molecule has 0 aliphatic heterocycles. The minimum Gasteiger partial charge on any atom is -0.741 e. The van der Waals surface area contributed by atoms with Crippen molar-refractivity contribution in [3.8, 4) is 16.9 Å². The van der Waals surface area contributed by atoms with Crippen LogP contribution in [0.1, 0.15) is 18.1 Å². The third-order valence-electron chi connectivity index (χ3n) is 7.03. The van der Waals surface area contributed by atoms with E-state index in [1.165, 1.54) is 60.6 Å². The van der Waals surface area contributed by atoms with Gasteiger partial charge in [0.15, 0.2) is 10.1 Å². The Bertz CT molecular complexity index is 2000. The molecular formula is C32H27F3N2O3S. The van der Waals surface area contributed by atoms with Crippen LogP contribution in [0.15, 0.2) is 97.2 Å². The SMILES string of the molecule is CC[n+]1c2ccc(C)cc2c2cc3cn(-c4ccc(C)cc4)c(-c4ccccc4)cc3cc21.O=S(=O)([O-])C(F)(F)F. The number of benzene rings is 4. The quantitative estimate of drug-likeness (QED) is 0.124. The van der Waals surface area contributed by atoms with Crippen LogP contribution in [0.5, 0.6) is 0 Å². The van der Waals surface area contributed by atoms with Crippen LogP contribution in [0.3, 0.4) is 0 Å². The van der Waals surface area contributed by atoms with E-state index in [4.69, 9.17) is 13.0 Å². The standard InChI is InChI=1S/C31H27N2.CHF3O3S/c1-4-32-29-15-12-22(3)16-27(29)28-17-25-20-33(26-13-10-21(2)11-14-26)30(18-24(25)19-31(28)32)23-8-6-5-7-9-23;2-1(3,4)8(5,6)7/h5-20H,4H2,1-3H3;(H,5,6,7)/q+1;/p-1. The Balaban J connectivity index is 0.000000372. The average molecular weight is 577 g/mol. The molecule has 0 N–H and O–H groups in total. The van der Waals surface area contributed by atoms with Gasteiger partial charge in [0.05, 0.1) is 16.5 Å². The van der Waals surface area contributed by atoms with Crippen LogP contribution in [0.2, 0.25) is 0 Å². The largest absolute Gasteiger partial charge is 0.741 e. The van der Waals surface area contributed by atoms with E-state index in [0.717, 1.165) is 6.54 Å². The van der Waals surface area contributed by atoms with Crippen molar-refractivity contribution in [2.24, 2.45) is 0 Å². The summed E-state index contributed by atoms with van der Waals surface area (Å²) in [4.78, 5) is 0. The van der Waals surface area contributed by atoms with Gasteiger partial charge in [-0.15, -0.1) is 0 Å². The molecule has 9 heteroatoms. The molecule has 0 aliphatic carbocycles. The summed E-state index contributed by atoms with van der Waals surface area (Å²) in [6.45, 7) is 7.49. The summed E-state index contributed by atoms with van der Waals surface area (Å²) in [5, 5.41) is 5.17. The Kier molecular flexibility index (Phi) is 7.35. The predicted octanol–water partition coefficient (Wildman–Crippen LogP) is 7.58. The highest BCUT2D eigenvalue weighted by Gasteiger charge is 2.37. The normalized spacial score (nSPS) is 12.1. The molecular weight excluding hydrogens is 549 g/mol. The number of nitrogens with zero attached hydrogens (tertiary/aromatic N) is 2. The lowest BCUT2D eigenvalue weighted by atomic mass is 10.0. The van der Waals surface area contributed by atoms with E-state index in [1.807, 2.05) is 0 Å². The fourth-order valence-electron chi connectivity index (χ4n) is 5.04. The second-order valence-corrected chi connectivity index (χ2v) is 11.3. The van der Waals surface area contributed by atoms with Gasteiger partial charge in [-0.3, -0.25) is 0 Å². The number of hydrogen-bond donors (Lipinski definition) is 0. The summed E-state index contributed by atoms with van der Waals surface area (Å²) in [6.07, 6.45) is 2.30. The van der Waals surface area contributed by atoms with Crippen molar-refractivity contribution in [1.29, 1.82) is 0 Å². The van der Waals surface area contributed by atoms with Crippen molar-refractivity contribution in [2.45, 2.75) is 32.8 Å². The van der Waals surface area contributed by atoms with Crippen molar-refractivity contribution in [3.05, 3.63) is 108 Å². The second kappa shape index (κ2) is 10.6. The van der Waals surface area contributed by atoms with Gasteiger partial charge in [-0.1, -0.05) is 59.7 Å². The molecule has 5 nitrogen and oxygen atoms in total. The van der Waals surface area contributed by atoms with Gasteiger partial charge < -0.3 is 9.12 Å². The first-order valence-corrected chi connectivity index (χ1v) is 14.3. The first-order chi connectivity index (χ1) is 19.4. The van der Waals surface area contributed by atoms with E-state index < -0.39 is 15.6 Å². The Morgan fingerprint density at radius 3 is 2.00 bits per heavy atom. The van der Waals surface area contributed by atoms with Crippen molar-refractivity contribution >= 4 is 42.7 Å². The van der Waals surface area contributed by atoms with Crippen LogP contribution in [0.25, 0.3) is 49.5 Å². The maximum atomic E-state index is 10.7. The zero-order valence-corrected chi connectivity index (χ0v) is 23.4. The molecule has 2 heterocycles. The fraction of sp³-hybridized carbons (Fsp3) is 0.156. The molecule has 0 aliphatic rings. The zero-order valence-electron chi connectivity index (χ0n) is 22.6. The number of aryl methyl sites for hydroxylation is 3. The van der Waals surface area contributed by atoms with E-state index >= 15 is 0 Å². The molecule has 0 amide bonds. The molecule has 0 atom stereocenters. The van der Waals surface area contributed by atoms with Gasteiger partial charge in [0.2, 0.25) is 11.0 Å². The van der Waals surface area contributed by atoms with Gasteiger partial charge in [0.25, 0.3) is 0 Å². The van der Waals surface area contributed by atoms with E-state index in [-0.39, 0.29) is 0 Å². The molecule has 210 valence electrons. The molecule has 4 aromatic carbocycles. The van der Waals surface area contributed by atoms with Gasteiger partial charge in [-0.25, -0.2) is 8.42 Å². The molecule has 41 heavy (non-hydrogen) atoms. The lowest BCUT2D eigenvalue weighted by Gasteiger charge is -2.16. The summed E-state index contributed by atoms with van der Waals surface area (Å²) in [5.74, 6) is 0. The summed E-state index contributed by atoms with van der Waals surface area (Å²) in [6, 6.07) is 33.3. The third-order valence-corrected chi connectivity index (χ3v) is 7.59. The molecule has 6 aromatic rings. The van der Waals surface area contributed by atoms with E-state index in [9.17, 15) is 13.2 Å². The van der Waals surface area contributed by atoms with Gasteiger partial charge >= 0.3 is 5.51 Å². The van der Waals surface area contributed by atoms with Crippen molar-refractivity contribution in [2.75, 3.05) is 0 Å². The van der Waals surface area contributed by atoms with Crippen molar-refractivity contribution in [1.82, 2.24) is 4.57 Å². The maximum Gasteiger partial charge on any atom is 0.485 e. The molecule has 0 saturated carbocycles. The topological polar surface area (TPSA) is 66.0 Å². The van der Waals surface area contributed by atoms with Gasteiger partial charge in [0, 0.05) is 24.0 Å². The molecule has 0 radical (unpaired) electrons. The molecule has 0 saturated heterocycles. The first-order valence-electron chi connectivity index (χ1n) is 12.9. The molecule has 2 aromatic heterocycles. The Hall–Kier alpha value is -4.21. The van der Waals surface area contributed by atoms with Crippen LogP contribution in [0.4, 0.5) is 13.2 Å². The highest BCUT2D eigenvalue weighted by atomic mass is 32.2. The molecule has 6 rings (SSSR count). The number of fused-ring (bicyclic) bond motifs is 4. The van der Waals surface area contributed by atoms with E-state index in [0.29, 0.717) is 0 Å². The van der Waals surface area contributed by atoms with E-state index in [2.05, 4.69) is 127 Å². The Morgan fingerprint density at radius 2 is 1.39 bits per heavy atom. The molecule has 0 spiro atoms. The summed E-state index contributed by atoms with van der Waals surface area (Å²) >= 11 is 0. The van der Waals surface area contributed by atoms with Gasteiger partial charge in [-0.2, -0.15) is 17.7 Å². The lowest BCUT2D eigenvalue weighted by Crippen LogP contribution is -2.31. The molecule has 0 bridgehead atoms. The van der Waals surface area contributed by atoms with Crippen LogP contribution in [0, 0.1) is 13.8 Å². The molecule has 0 fully saturated rings. The Morgan fingerprint density at radius 1 is 0.780 bits per heavy atom. The van der Waals surface area contributed by atoms with Crippen LogP contribution in [-0.2, 0) is 16.7 Å². The number of alkyl halides is 3. The van der Waals surface area contributed by atoms with Crippen LogP contribution < -0.4 is 4.57 Å². The number of rotatable bonds is 3. The highest BCUT2D eigenvalue weighted by molar-refractivity contribution is 7.86. The fourth-order valence-corrected chi connectivity index (χ4v) is 5.04. The first kappa shape index (κ1) is 28.3. The van der Waals surface area contributed by atoms with Gasteiger partial charge in [-0.05, 0) is 67.4 Å². The number of halogens is 3. The number of hydrogen-bond acceptors (Lipinski definition) is 3. The van der Waals surface area contributed by atoms with Crippen LogP contribution in [-0.4, -0.2) is 23.0 Å². The lowest BCUT2D eigenvalue weighted by molar-refractivity contribution is -0.640.